The zero-order valence-electron chi connectivity index (χ0n) is 4.19. The van der Waals surface area contributed by atoms with Crippen LogP contribution in [0.15, 0.2) is 11.7 Å². The summed E-state index contributed by atoms with van der Waals surface area (Å²) in [5.41, 5.74) is -1.28. The quantitative estimate of drug-likeness (QED) is 0.424. The number of hydrogen-bond donors (Lipinski definition) is 1. The van der Waals surface area contributed by atoms with Crippen molar-refractivity contribution >= 4 is 5.97 Å². The van der Waals surface area contributed by atoms with Crippen LogP contribution in [0.3, 0.4) is 0 Å². The van der Waals surface area contributed by atoms with E-state index in [-0.39, 0.29) is 0 Å². The second-order valence-corrected chi connectivity index (χ2v) is 1.08. The van der Waals surface area contributed by atoms with E-state index in [1.807, 2.05) is 0 Å². The standard InChI is InChI=1S/C5H2F2O2/c1-2-3(4(6)7)5(8)9/h1H,(H,8,9). The predicted molar refractivity (Wildman–Crippen MR) is 25.7 cm³/mol. The van der Waals surface area contributed by atoms with Gasteiger partial charge in [-0.1, -0.05) is 5.92 Å². The van der Waals surface area contributed by atoms with Crippen molar-refractivity contribution in [3.8, 4) is 12.3 Å². The average molecular weight is 132 g/mol. The van der Waals surface area contributed by atoms with Gasteiger partial charge in [0.2, 0.25) is 0 Å². The molecule has 0 amide bonds. The summed E-state index contributed by atoms with van der Waals surface area (Å²) in [5, 5.41) is 7.86. The molecule has 0 radical (unpaired) electrons. The van der Waals surface area contributed by atoms with E-state index in [0.29, 0.717) is 0 Å². The Morgan fingerprint density at radius 2 is 2.00 bits per heavy atom. The SMILES string of the molecule is C#CC(C(=O)O)=C(F)F. The first-order valence-electron chi connectivity index (χ1n) is 1.84. The van der Waals surface area contributed by atoms with Crippen molar-refractivity contribution < 1.29 is 18.7 Å². The Balaban J connectivity index is 4.62. The number of aliphatic carboxylic acids is 1. The molecule has 0 atom stereocenters. The lowest BCUT2D eigenvalue weighted by atomic mass is 10.3. The second-order valence-electron chi connectivity index (χ2n) is 1.08. The molecular formula is C5H2F2O2. The smallest absolute Gasteiger partial charge is 0.349 e. The molecule has 0 aliphatic carbocycles. The number of terminal acetylenes is 1. The zero-order valence-corrected chi connectivity index (χ0v) is 4.19. The van der Waals surface area contributed by atoms with Gasteiger partial charge < -0.3 is 5.11 Å². The van der Waals surface area contributed by atoms with Gasteiger partial charge in [-0.3, -0.25) is 0 Å². The highest BCUT2D eigenvalue weighted by atomic mass is 19.3. The fourth-order valence-corrected chi connectivity index (χ4v) is 0.197. The largest absolute Gasteiger partial charge is 0.477 e. The monoisotopic (exact) mass is 132 g/mol. The van der Waals surface area contributed by atoms with Crippen molar-refractivity contribution in [3.05, 3.63) is 11.7 Å². The third kappa shape index (κ3) is 1.91. The third-order valence-corrected chi connectivity index (χ3v) is 0.547. The Labute approximate surface area is 49.8 Å². The minimum atomic E-state index is -2.34. The Bertz CT molecular complexity index is 195. The van der Waals surface area contributed by atoms with Crippen molar-refractivity contribution in [3.63, 3.8) is 0 Å². The maximum absolute atomic E-state index is 11.3. The van der Waals surface area contributed by atoms with Gasteiger partial charge in [0.25, 0.3) is 6.08 Å². The Morgan fingerprint density at radius 1 is 1.56 bits per heavy atom. The van der Waals surface area contributed by atoms with Crippen LogP contribution in [0, 0.1) is 12.3 Å². The van der Waals surface area contributed by atoms with Crippen LogP contribution >= 0.6 is 0 Å². The normalized spacial score (nSPS) is 7.67. The van der Waals surface area contributed by atoms with Crippen LogP contribution in [0.5, 0.6) is 0 Å². The maximum Gasteiger partial charge on any atom is 0.349 e. The molecule has 0 aliphatic rings. The van der Waals surface area contributed by atoms with Gasteiger partial charge in [-0.2, -0.15) is 8.78 Å². The number of carboxylic acids is 1. The molecule has 0 aromatic rings. The Morgan fingerprint density at radius 3 is 2.00 bits per heavy atom. The van der Waals surface area contributed by atoms with E-state index in [1.165, 1.54) is 5.92 Å². The van der Waals surface area contributed by atoms with Crippen LogP contribution in [-0.4, -0.2) is 11.1 Å². The van der Waals surface area contributed by atoms with Gasteiger partial charge in [-0.15, -0.1) is 6.42 Å². The van der Waals surface area contributed by atoms with Gasteiger partial charge in [0.15, 0.2) is 5.57 Å². The van der Waals surface area contributed by atoms with Crippen LogP contribution in [-0.2, 0) is 4.79 Å². The summed E-state index contributed by atoms with van der Waals surface area (Å²) in [4.78, 5) is 9.69. The number of carbonyl (C=O) groups is 1. The third-order valence-electron chi connectivity index (χ3n) is 0.547. The first-order chi connectivity index (χ1) is 4.09. The van der Waals surface area contributed by atoms with E-state index in [4.69, 9.17) is 5.11 Å². The molecule has 0 aliphatic heterocycles. The molecule has 0 fully saturated rings. The summed E-state index contributed by atoms with van der Waals surface area (Å²) in [5.74, 6) is -0.449. The zero-order chi connectivity index (χ0) is 7.44. The fourth-order valence-electron chi connectivity index (χ4n) is 0.197. The molecule has 0 aromatic heterocycles. The van der Waals surface area contributed by atoms with Crippen LogP contribution in [0.25, 0.3) is 0 Å². The predicted octanol–water partition coefficient (Wildman–Crippen LogP) is 0.855. The van der Waals surface area contributed by atoms with Crippen LogP contribution in [0.2, 0.25) is 0 Å². The van der Waals surface area contributed by atoms with Gasteiger partial charge >= 0.3 is 5.97 Å². The summed E-state index contributed by atoms with van der Waals surface area (Å²) < 4.78 is 22.6. The minimum Gasteiger partial charge on any atom is -0.477 e. The number of rotatable bonds is 1. The molecule has 0 heterocycles. The number of halogens is 2. The molecule has 0 saturated heterocycles. The van der Waals surface area contributed by atoms with Crippen LogP contribution < -0.4 is 0 Å². The first-order valence-corrected chi connectivity index (χ1v) is 1.84. The fraction of sp³-hybridized carbons (Fsp3) is 0. The van der Waals surface area contributed by atoms with Crippen molar-refractivity contribution in [2.45, 2.75) is 0 Å². The van der Waals surface area contributed by atoms with E-state index in [9.17, 15) is 13.6 Å². The molecule has 0 bridgehead atoms. The van der Waals surface area contributed by atoms with Crippen molar-refractivity contribution in [1.29, 1.82) is 0 Å². The Kier molecular flexibility index (Phi) is 2.39. The Hall–Kier alpha value is -1.37. The molecule has 4 heteroatoms. The molecule has 2 nitrogen and oxygen atoms in total. The van der Waals surface area contributed by atoms with Gasteiger partial charge in [0, 0.05) is 0 Å². The van der Waals surface area contributed by atoms with Crippen molar-refractivity contribution in [2.75, 3.05) is 0 Å². The van der Waals surface area contributed by atoms with Crippen LogP contribution in [0.4, 0.5) is 8.78 Å². The summed E-state index contributed by atoms with van der Waals surface area (Å²) in [7, 11) is 0. The van der Waals surface area contributed by atoms with E-state index < -0.39 is 17.6 Å². The lowest BCUT2D eigenvalue weighted by Gasteiger charge is -1.85. The maximum atomic E-state index is 11.3. The molecule has 48 valence electrons. The molecule has 0 aromatic carbocycles. The highest BCUT2D eigenvalue weighted by molar-refractivity contribution is 5.91. The van der Waals surface area contributed by atoms with Gasteiger partial charge in [-0.05, 0) is 0 Å². The van der Waals surface area contributed by atoms with E-state index >= 15 is 0 Å². The van der Waals surface area contributed by atoms with Crippen molar-refractivity contribution in [1.82, 2.24) is 0 Å². The van der Waals surface area contributed by atoms with Gasteiger partial charge in [0.05, 0.1) is 0 Å². The molecule has 0 rings (SSSR count). The number of carboxylic acid groups (broad SMARTS) is 1. The average Bonchev–Trinajstić information content (AvgIpc) is 1.64. The molecule has 0 saturated carbocycles. The molecular weight excluding hydrogens is 130 g/mol. The summed E-state index contributed by atoms with van der Waals surface area (Å²) in [6, 6.07) is 0. The first kappa shape index (κ1) is 7.63. The molecule has 0 spiro atoms. The number of hydrogen-bond acceptors (Lipinski definition) is 1. The van der Waals surface area contributed by atoms with Crippen LogP contribution in [0.1, 0.15) is 0 Å². The highest BCUT2D eigenvalue weighted by Gasteiger charge is 2.10. The van der Waals surface area contributed by atoms with Gasteiger partial charge in [-0.25, -0.2) is 4.79 Å². The second kappa shape index (κ2) is 2.82. The summed E-state index contributed by atoms with van der Waals surface area (Å²) >= 11 is 0. The molecule has 9 heavy (non-hydrogen) atoms. The topological polar surface area (TPSA) is 37.3 Å². The van der Waals surface area contributed by atoms with E-state index in [0.717, 1.165) is 0 Å². The van der Waals surface area contributed by atoms with Crippen molar-refractivity contribution in [2.24, 2.45) is 0 Å². The van der Waals surface area contributed by atoms with E-state index in [1.54, 1.807) is 0 Å². The summed E-state index contributed by atoms with van der Waals surface area (Å²) in [6.45, 7) is 0. The molecule has 1 N–H and O–H groups in total. The minimum absolute atomic E-state index is 1.28. The van der Waals surface area contributed by atoms with E-state index in [2.05, 4.69) is 6.42 Å². The molecule has 0 unspecified atom stereocenters. The van der Waals surface area contributed by atoms with Gasteiger partial charge in [0.1, 0.15) is 0 Å². The summed E-state index contributed by atoms with van der Waals surface area (Å²) in [6.07, 6.45) is 2.06. The highest BCUT2D eigenvalue weighted by Crippen LogP contribution is 2.05. The lowest BCUT2D eigenvalue weighted by molar-refractivity contribution is -0.132. The lowest BCUT2D eigenvalue weighted by Crippen LogP contribution is -1.98.